The Bertz CT molecular complexity index is 485. The molecule has 2 aliphatic rings. The second kappa shape index (κ2) is 6.62. The monoisotopic (exact) mass is 291 g/mol. The van der Waals surface area contributed by atoms with Gasteiger partial charge in [0.05, 0.1) is 0 Å². The van der Waals surface area contributed by atoms with Crippen LogP contribution in [0.15, 0.2) is 6.07 Å². The minimum Gasteiger partial charge on any atom is -0.472 e. The summed E-state index contributed by atoms with van der Waals surface area (Å²) in [5, 5.41) is 0. The molecule has 116 valence electrons. The molecule has 5 heteroatoms. The molecule has 0 amide bonds. The molecule has 0 unspecified atom stereocenters. The molecule has 5 nitrogen and oxygen atoms in total. The molecule has 1 aromatic heterocycles. The summed E-state index contributed by atoms with van der Waals surface area (Å²) >= 11 is 0. The van der Waals surface area contributed by atoms with Crippen LogP contribution in [0.5, 0.6) is 11.6 Å². The third kappa shape index (κ3) is 3.47. The SMILES string of the molecule is CCc1nc(OCN2CCC2)c(OCN2CCC2)cc1C. The number of hydrogen-bond acceptors (Lipinski definition) is 5. The van der Waals surface area contributed by atoms with Crippen LogP contribution in [0.25, 0.3) is 0 Å². The molecule has 3 heterocycles. The van der Waals surface area contributed by atoms with Crippen LogP contribution in [0, 0.1) is 6.92 Å². The lowest BCUT2D eigenvalue weighted by Gasteiger charge is -2.31. The number of hydrogen-bond donors (Lipinski definition) is 0. The number of rotatable bonds is 7. The van der Waals surface area contributed by atoms with Gasteiger partial charge in [-0.05, 0) is 37.8 Å². The minimum atomic E-state index is 0.610. The Kier molecular flexibility index (Phi) is 4.60. The molecule has 2 fully saturated rings. The first-order valence-electron chi connectivity index (χ1n) is 7.97. The van der Waals surface area contributed by atoms with Gasteiger partial charge < -0.3 is 9.47 Å². The highest BCUT2D eigenvalue weighted by Gasteiger charge is 2.19. The lowest BCUT2D eigenvalue weighted by atomic mass is 10.2. The first-order chi connectivity index (χ1) is 10.3. The number of likely N-dealkylation sites (tertiary alicyclic amines) is 2. The molecule has 0 aromatic carbocycles. The average molecular weight is 291 g/mol. The van der Waals surface area contributed by atoms with Crippen LogP contribution in [0.2, 0.25) is 0 Å². The van der Waals surface area contributed by atoms with E-state index in [1.54, 1.807) is 0 Å². The molecular weight excluding hydrogens is 266 g/mol. The van der Waals surface area contributed by atoms with Crippen molar-refractivity contribution < 1.29 is 9.47 Å². The maximum absolute atomic E-state index is 5.93. The van der Waals surface area contributed by atoms with Crippen LogP contribution in [-0.4, -0.2) is 54.4 Å². The van der Waals surface area contributed by atoms with Crippen LogP contribution in [0.1, 0.15) is 31.0 Å². The minimum absolute atomic E-state index is 0.610. The molecule has 0 atom stereocenters. The number of nitrogens with zero attached hydrogens (tertiary/aromatic N) is 3. The molecule has 0 aliphatic carbocycles. The van der Waals surface area contributed by atoms with Crippen molar-refractivity contribution in [2.75, 3.05) is 39.6 Å². The van der Waals surface area contributed by atoms with E-state index in [4.69, 9.17) is 9.47 Å². The van der Waals surface area contributed by atoms with Crippen molar-refractivity contribution in [1.29, 1.82) is 0 Å². The Morgan fingerprint density at radius 1 is 1.05 bits per heavy atom. The summed E-state index contributed by atoms with van der Waals surface area (Å²) in [6.45, 7) is 9.95. The molecule has 0 radical (unpaired) electrons. The van der Waals surface area contributed by atoms with E-state index in [-0.39, 0.29) is 0 Å². The van der Waals surface area contributed by atoms with Crippen molar-refractivity contribution in [3.8, 4) is 11.6 Å². The predicted molar refractivity (Wildman–Crippen MR) is 81.7 cm³/mol. The molecule has 21 heavy (non-hydrogen) atoms. The summed E-state index contributed by atoms with van der Waals surface area (Å²) in [6, 6.07) is 2.07. The van der Waals surface area contributed by atoms with Gasteiger partial charge in [-0.15, -0.1) is 0 Å². The van der Waals surface area contributed by atoms with Gasteiger partial charge in [0.25, 0.3) is 5.88 Å². The average Bonchev–Trinajstić information content (AvgIpc) is 2.37. The first-order valence-corrected chi connectivity index (χ1v) is 7.97. The zero-order valence-electron chi connectivity index (χ0n) is 13.1. The summed E-state index contributed by atoms with van der Waals surface area (Å²) in [4.78, 5) is 9.20. The van der Waals surface area contributed by atoms with Gasteiger partial charge in [0.1, 0.15) is 13.5 Å². The highest BCUT2D eigenvalue weighted by Crippen LogP contribution is 2.28. The summed E-state index contributed by atoms with van der Waals surface area (Å²) < 4.78 is 11.8. The maximum atomic E-state index is 5.93. The lowest BCUT2D eigenvalue weighted by Crippen LogP contribution is -2.40. The zero-order valence-corrected chi connectivity index (χ0v) is 13.1. The zero-order chi connectivity index (χ0) is 14.7. The van der Waals surface area contributed by atoms with Gasteiger partial charge in [-0.3, -0.25) is 9.80 Å². The van der Waals surface area contributed by atoms with Crippen LogP contribution in [0.4, 0.5) is 0 Å². The van der Waals surface area contributed by atoms with Crippen LogP contribution in [-0.2, 0) is 6.42 Å². The van der Waals surface area contributed by atoms with Crippen LogP contribution < -0.4 is 9.47 Å². The summed E-state index contributed by atoms with van der Waals surface area (Å²) in [5.74, 6) is 1.42. The van der Waals surface area contributed by atoms with E-state index in [1.165, 1.54) is 18.4 Å². The third-order valence-corrected chi connectivity index (χ3v) is 4.27. The van der Waals surface area contributed by atoms with Gasteiger partial charge >= 0.3 is 0 Å². The molecule has 3 rings (SSSR count). The van der Waals surface area contributed by atoms with E-state index < -0.39 is 0 Å². The largest absolute Gasteiger partial charge is 0.472 e. The molecule has 0 saturated carbocycles. The van der Waals surface area contributed by atoms with Gasteiger partial charge in [0, 0.05) is 31.9 Å². The summed E-state index contributed by atoms with van der Waals surface area (Å²) in [5.41, 5.74) is 2.26. The molecule has 2 saturated heterocycles. The smallest absolute Gasteiger partial charge is 0.258 e. The van der Waals surface area contributed by atoms with Crippen molar-refractivity contribution >= 4 is 0 Å². The first kappa shape index (κ1) is 14.6. The second-order valence-corrected chi connectivity index (χ2v) is 5.90. The summed E-state index contributed by atoms with van der Waals surface area (Å²) in [6.07, 6.45) is 3.45. The third-order valence-electron chi connectivity index (χ3n) is 4.27. The van der Waals surface area contributed by atoms with Crippen molar-refractivity contribution in [1.82, 2.24) is 14.8 Å². The molecule has 0 N–H and O–H groups in total. The normalized spacial score (nSPS) is 19.0. The Morgan fingerprint density at radius 3 is 2.19 bits per heavy atom. The summed E-state index contributed by atoms with van der Waals surface area (Å²) in [7, 11) is 0. The molecule has 2 aliphatic heterocycles. The standard InChI is InChI=1S/C16H25N3O2/c1-3-14-13(2)10-15(20-11-18-6-4-7-18)16(17-14)21-12-19-8-5-9-19/h10H,3-9,11-12H2,1-2H3. The Hall–Kier alpha value is -1.33. The number of aryl methyl sites for hydroxylation is 2. The van der Waals surface area contributed by atoms with Gasteiger partial charge in [-0.1, -0.05) is 6.92 Å². The van der Waals surface area contributed by atoms with Crippen molar-refractivity contribution in [2.24, 2.45) is 0 Å². The van der Waals surface area contributed by atoms with E-state index in [0.29, 0.717) is 19.3 Å². The van der Waals surface area contributed by atoms with Crippen LogP contribution in [0.3, 0.4) is 0 Å². The fourth-order valence-electron chi connectivity index (χ4n) is 2.51. The fourth-order valence-corrected chi connectivity index (χ4v) is 2.51. The highest BCUT2D eigenvalue weighted by atomic mass is 16.5. The Balaban J connectivity index is 1.68. The molecule has 1 aromatic rings. The molecule has 0 bridgehead atoms. The van der Waals surface area contributed by atoms with E-state index in [2.05, 4.69) is 34.7 Å². The van der Waals surface area contributed by atoms with Gasteiger partial charge in [-0.25, -0.2) is 4.98 Å². The van der Waals surface area contributed by atoms with E-state index in [0.717, 1.165) is 44.0 Å². The van der Waals surface area contributed by atoms with Crippen molar-refractivity contribution in [3.63, 3.8) is 0 Å². The van der Waals surface area contributed by atoms with Crippen molar-refractivity contribution in [2.45, 2.75) is 33.1 Å². The highest BCUT2D eigenvalue weighted by molar-refractivity contribution is 5.39. The predicted octanol–water partition coefficient (Wildman–Crippen LogP) is 2.04. The number of pyridine rings is 1. The molecular formula is C16H25N3O2. The topological polar surface area (TPSA) is 37.8 Å². The van der Waals surface area contributed by atoms with E-state index >= 15 is 0 Å². The quantitative estimate of drug-likeness (QED) is 0.768. The Morgan fingerprint density at radius 2 is 1.67 bits per heavy atom. The number of ether oxygens (including phenoxy) is 2. The van der Waals surface area contributed by atoms with Gasteiger partial charge in [0.15, 0.2) is 5.75 Å². The second-order valence-electron chi connectivity index (χ2n) is 5.90. The fraction of sp³-hybridized carbons (Fsp3) is 0.688. The lowest BCUT2D eigenvalue weighted by molar-refractivity contribution is 0.0538. The number of aromatic nitrogens is 1. The van der Waals surface area contributed by atoms with Crippen LogP contribution >= 0.6 is 0 Å². The van der Waals surface area contributed by atoms with E-state index in [1.807, 2.05) is 0 Å². The maximum Gasteiger partial charge on any atom is 0.258 e. The van der Waals surface area contributed by atoms with E-state index in [9.17, 15) is 0 Å². The molecule has 0 spiro atoms. The van der Waals surface area contributed by atoms with Gasteiger partial charge in [0.2, 0.25) is 0 Å². The Labute approximate surface area is 126 Å². The van der Waals surface area contributed by atoms with Gasteiger partial charge in [-0.2, -0.15) is 0 Å². The van der Waals surface area contributed by atoms with Crippen molar-refractivity contribution in [3.05, 3.63) is 17.3 Å².